The van der Waals surface area contributed by atoms with Crippen molar-refractivity contribution >= 4 is 17.5 Å². The van der Waals surface area contributed by atoms with E-state index in [1.807, 2.05) is 0 Å². The Bertz CT molecular complexity index is 579. The van der Waals surface area contributed by atoms with E-state index in [0.29, 0.717) is 17.1 Å². The Morgan fingerprint density at radius 3 is 2.60 bits per heavy atom. The lowest BCUT2D eigenvalue weighted by Crippen LogP contribution is -2.36. The third-order valence-corrected chi connectivity index (χ3v) is 2.50. The average molecular weight is 274 g/mol. The van der Waals surface area contributed by atoms with Crippen molar-refractivity contribution < 1.29 is 9.59 Å². The molecule has 8 nitrogen and oxygen atoms in total. The lowest BCUT2D eigenvalue weighted by Gasteiger charge is -2.06. The molecule has 0 unspecified atom stereocenters. The van der Waals surface area contributed by atoms with Gasteiger partial charge in [0, 0.05) is 11.3 Å². The molecule has 1 heterocycles. The molecule has 0 fully saturated rings. The van der Waals surface area contributed by atoms with Crippen LogP contribution < -0.4 is 16.4 Å². The van der Waals surface area contributed by atoms with Gasteiger partial charge in [0.15, 0.2) is 0 Å². The molecule has 8 heteroatoms. The van der Waals surface area contributed by atoms with E-state index in [-0.39, 0.29) is 24.9 Å². The first-order valence-corrected chi connectivity index (χ1v) is 5.90. The molecule has 2 rings (SSSR count). The van der Waals surface area contributed by atoms with Crippen LogP contribution in [0.4, 0.5) is 5.69 Å². The number of hydrogen-bond acceptors (Lipinski definition) is 5. The number of benzene rings is 1. The molecular formula is C12H14N6O2. The first kappa shape index (κ1) is 13.5. The van der Waals surface area contributed by atoms with Gasteiger partial charge >= 0.3 is 0 Å². The van der Waals surface area contributed by atoms with Gasteiger partial charge in [-0.25, -0.2) is 4.98 Å². The van der Waals surface area contributed by atoms with Crippen LogP contribution in [0.1, 0.15) is 16.2 Å². The van der Waals surface area contributed by atoms with Crippen molar-refractivity contribution in [3.63, 3.8) is 0 Å². The Morgan fingerprint density at radius 1 is 1.20 bits per heavy atom. The van der Waals surface area contributed by atoms with Crippen molar-refractivity contribution in [2.75, 3.05) is 12.3 Å². The fourth-order valence-electron chi connectivity index (χ4n) is 1.46. The van der Waals surface area contributed by atoms with Crippen LogP contribution >= 0.6 is 0 Å². The van der Waals surface area contributed by atoms with Gasteiger partial charge in [0.1, 0.15) is 12.2 Å². The van der Waals surface area contributed by atoms with E-state index < -0.39 is 0 Å². The van der Waals surface area contributed by atoms with Crippen LogP contribution in [0.25, 0.3) is 0 Å². The van der Waals surface area contributed by atoms with Crippen LogP contribution in [0.3, 0.4) is 0 Å². The number of nitrogen functional groups attached to an aromatic ring is 1. The van der Waals surface area contributed by atoms with Crippen LogP contribution in [0.15, 0.2) is 30.6 Å². The van der Waals surface area contributed by atoms with E-state index >= 15 is 0 Å². The van der Waals surface area contributed by atoms with Crippen LogP contribution in [0.5, 0.6) is 0 Å². The molecule has 1 aromatic carbocycles. The number of aromatic nitrogens is 3. The third kappa shape index (κ3) is 3.80. The number of anilines is 1. The normalized spacial score (nSPS) is 10.0. The second kappa shape index (κ2) is 6.32. The van der Waals surface area contributed by atoms with Gasteiger partial charge in [-0.3, -0.25) is 14.7 Å². The second-order valence-corrected chi connectivity index (χ2v) is 4.01. The smallest absolute Gasteiger partial charge is 0.251 e. The number of nitrogens with one attached hydrogen (secondary N) is 3. The summed E-state index contributed by atoms with van der Waals surface area (Å²) in [6.07, 6.45) is 1.35. The van der Waals surface area contributed by atoms with Gasteiger partial charge in [-0.1, -0.05) is 0 Å². The Morgan fingerprint density at radius 2 is 1.95 bits per heavy atom. The minimum atomic E-state index is -0.334. The highest BCUT2D eigenvalue weighted by Crippen LogP contribution is 2.04. The number of carbonyl (C=O) groups is 2. The monoisotopic (exact) mass is 274 g/mol. The second-order valence-electron chi connectivity index (χ2n) is 4.01. The average Bonchev–Trinajstić information content (AvgIpc) is 2.96. The van der Waals surface area contributed by atoms with Gasteiger partial charge < -0.3 is 16.4 Å². The van der Waals surface area contributed by atoms with Gasteiger partial charge in [-0.05, 0) is 24.3 Å². The highest BCUT2D eigenvalue weighted by molar-refractivity contribution is 5.96. The molecule has 5 N–H and O–H groups in total. The number of aromatic amines is 1. The number of H-pyrrole nitrogens is 1. The summed E-state index contributed by atoms with van der Waals surface area (Å²) in [6.45, 7) is 0.119. The lowest BCUT2D eigenvalue weighted by molar-refractivity contribution is -0.120. The largest absolute Gasteiger partial charge is 0.399 e. The SMILES string of the molecule is Nc1ccc(C(=O)NCC(=O)NCc2ncn[nH]2)cc1. The van der Waals surface area contributed by atoms with E-state index in [2.05, 4.69) is 25.8 Å². The highest BCUT2D eigenvalue weighted by Gasteiger charge is 2.08. The first-order chi connectivity index (χ1) is 9.65. The third-order valence-electron chi connectivity index (χ3n) is 2.50. The van der Waals surface area contributed by atoms with Crippen molar-refractivity contribution in [3.8, 4) is 0 Å². The number of nitrogens with two attached hydrogens (primary N) is 1. The molecule has 0 aliphatic rings. The summed E-state index contributed by atoms with van der Waals surface area (Å²) < 4.78 is 0. The van der Waals surface area contributed by atoms with Crippen LogP contribution in [-0.2, 0) is 11.3 Å². The zero-order valence-electron chi connectivity index (χ0n) is 10.6. The van der Waals surface area contributed by atoms with Crippen molar-refractivity contribution in [2.24, 2.45) is 0 Å². The van der Waals surface area contributed by atoms with Gasteiger partial charge in [-0.2, -0.15) is 5.10 Å². The molecule has 0 bridgehead atoms. The number of nitrogens with zero attached hydrogens (tertiary/aromatic N) is 2. The molecule has 0 atom stereocenters. The summed E-state index contributed by atoms with van der Waals surface area (Å²) in [7, 11) is 0. The van der Waals surface area contributed by atoms with E-state index in [4.69, 9.17) is 5.73 Å². The van der Waals surface area contributed by atoms with Gasteiger partial charge in [-0.15, -0.1) is 0 Å². The minimum Gasteiger partial charge on any atom is -0.399 e. The van der Waals surface area contributed by atoms with Crippen LogP contribution in [0.2, 0.25) is 0 Å². The summed E-state index contributed by atoms with van der Waals surface area (Å²) in [4.78, 5) is 27.1. The quantitative estimate of drug-likeness (QED) is 0.543. The molecule has 20 heavy (non-hydrogen) atoms. The molecule has 2 amide bonds. The summed E-state index contributed by atoms with van der Waals surface area (Å²) in [5.74, 6) is -0.103. The molecule has 104 valence electrons. The number of carbonyl (C=O) groups excluding carboxylic acids is 2. The summed E-state index contributed by atoms with van der Waals surface area (Å²) >= 11 is 0. The predicted octanol–water partition coefficient (Wildman–Crippen LogP) is -0.567. The van der Waals surface area contributed by atoms with Crippen molar-refractivity contribution in [2.45, 2.75) is 6.54 Å². The maximum absolute atomic E-state index is 11.7. The standard InChI is InChI=1S/C12H14N6O2/c13-9-3-1-8(2-4-9)12(20)15-6-11(19)14-5-10-16-7-17-18-10/h1-4,7H,5-6,13H2,(H,14,19)(H,15,20)(H,16,17,18). The topological polar surface area (TPSA) is 126 Å². The van der Waals surface area contributed by atoms with Gasteiger partial charge in [0.2, 0.25) is 5.91 Å². The zero-order valence-corrected chi connectivity index (χ0v) is 10.6. The Balaban J connectivity index is 1.75. The molecule has 0 radical (unpaired) electrons. The maximum atomic E-state index is 11.7. The Kier molecular flexibility index (Phi) is 4.28. The molecule has 0 aliphatic carbocycles. The molecule has 0 spiro atoms. The maximum Gasteiger partial charge on any atom is 0.251 e. The number of amides is 2. The first-order valence-electron chi connectivity index (χ1n) is 5.90. The Labute approximate surface area is 114 Å². The van der Waals surface area contributed by atoms with E-state index in [9.17, 15) is 9.59 Å². The predicted molar refractivity (Wildman–Crippen MR) is 71.4 cm³/mol. The van der Waals surface area contributed by atoms with E-state index in [1.165, 1.54) is 6.33 Å². The van der Waals surface area contributed by atoms with Gasteiger partial charge in [0.05, 0.1) is 13.1 Å². The van der Waals surface area contributed by atoms with E-state index in [1.54, 1.807) is 24.3 Å². The molecule has 0 aliphatic heterocycles. The zero-order chi connectivity index (χ0) is 14.4. The summed E-state index contributed by atoms with van der Waals surface area (Å²) in [5, 5.41) is 11.4. The minimum absolute atomic E-state index is 0.114. The van der Waals surface area contributed by atoms with Crippen LogP contribution in [-0.4, -0.2) is 33.5 Å². The molecule has 0 saturated heterocycles. The number of rotatable bonds is 5. The van der Waals surface area contributed by atoms with Crippen molar-refractivity contribution in [3.05, 3.63) is 42.0 Å². The molecule has 1 aromatic heterocycles. The number of hydrogen-bond donors (Lipinski definition) is 4. The molecular weight excluding hydrogens is 260 g/mol. The van der Waals surface area contributed by atoms with E-state index in [0.717, 1.165) is 0 Å². The van der Waals surface area contributed by atoms with Crippen molar-refractivity contribution in [1.29, 1.82) is 0 Å². The highest BCUT2D eigenvalue weighted by atomic mass is 16.2. The summed E-state index contributed by atoms with van der Waals surface area (Å²) in [6, 6.07) is 6.44. The lowest BCUT2D eigenvalue weighted by atomic mass is 10.2. The fraction of sp³-hybridized carbons (Fsp3) is 0.167. The molecule has 2 aromatic rings. The fourth-order valence-corrected chi connectivity index (χ4v) is 1.46. The Hall–Kier alpha value is -2.90. The molecule has 0 saturated carbocycles. The van der Waals surface area contributed by atoms with Crippen LogP contribution in [0, 0.1) is 0 Å². The van der Waals surface area contributed by atoms with Gasteiger partial charge in [0.25, 0.3) is 5.91 Å². The summed E-state index contributed by atoms with van der Waals surface area (Å²) in [5.41, 5.74) is 6.55. The van der Waals surface area contributed by atoms with Crippen molar-refractivity contribution in [1.82, 2.24) is 25.8 Å².